The SMILES string of the molecule is COc1ccccc1Oc1c(NS(=O)(=O)c2ccc(C(C)(C)C)cc2)nc(-c2ncccn2)nc1OCCC(=O)Nc1c(C)cccc1C. The summed E-state index contributed by atoms with van der Waals surface area (Å²) in [7, 11) is -2.73. The van der Waals surface area contributed by atoms with Crippen molar-refractivity contribution in [3.63, 3.8) is 0 Å². The first-order valence-electron chi connectivity index (χ1n) is 15.5. The molecule has 0 spiro atoms. The zero-order valence-electron chi connectivity index (χ0n) is 28.1. The molecule has 2 N–H and O–H groups in total. The minimum atomic E-state index is -4.21. The Morgan fingerprint density at radius 3 is 2.10 bits per heavy atom. The van der Waals surface area contributed by atoms with Crippen LogP contribution in [0.4, 0.5) is 11.5 Å². The molecule has 0 saturated carbocycles. The fraction of sp³-hybridized carbons (Fsp3) is 0.250. The number of para-hydroxylation sites is 3. The molecule has 0 fully saturated rings. The number of aryl methyl sites for hydroxylation is 2. The lowest BCUT2D eigenvalue weighted by Crippen LogP contribution is -2.18. The highest BCUT2D eigenvalue weighted by Crippen LogP contribution is 2.41. The third-order valence-electron chi connectivity index (χ3n) is 7.46. The van der Waals surface area contributed by atoms with Crippen LogP contribution in [0, 0.1) is 13.8 Å². The molecule has 0 unspecified atom stereocenters. The fourth-order valence-corrected chi connectivity index (χ4v) is 5.80. The van der Waals surface area contributed by atoms with Gasteiger partial charge in [-0.05, 0) is 66.3 Å². The van der Waals surface area contributed by atoms with Crippen molar-refractivity contribution in [1.82, 2.24) is 19.9 Å². The van der Waals surface area contributed by atoms with Crippen molar-refractivity contribution in [2.75, 3.05) is 23.8 Å². The van der Waals surface area contributed by atoms with Crippen molar-refractivity contribution >= 4 is 27.4 Å². The van der Waals surface area contributed by atoms with Crippen LogP contribution in [0.5, 0.6) is 23.1 Å². The molecule has 0 aliphatic heterocycles. The van der Waals surface area contributed by atoms with E-state index in [1.165, 1.54) is 31.6 Å². The quantitative estimate of drug-likeness (QED) is 0.143. The predicted octanol–water partition coefficient (Wildman–Crippen LogP) is 6.86. The van der Waals surface area contributed by atoms with Gasteiger partial charge >= 0.3 is 0 Å². The van der Waals surface area contributed by atoms with E-state index in [2.05, 4.69) is 30.0 Å². The molecule has 5 aromatic rings. The van der Waals surface area contributed by atoms with Gasteiger partial charge in [-0.2, -0.15) is 4.98 Å². The Morgan fingerprint density at radius 2 is 1.47 bits per heavy atom. The van der Waals surface area contributed by atoms with Gasteiger partial charge in [0.25, 0.3) is 15.9 Å². The summed E-state index contributed by atoms with van der Waals surface area (Å²) in [4.78, 5) is 30.5. The Bertz CT molecular complexity index is 2030. The maximum Gasteiger partial charge on any atom is 0.263 e. The van der Waals surface area contributed by atoms with Gasteiger partial charge in [0.2, 0.25) is 17.5 Å². The van der Waals surface area contributed by atoms with E-state index in [0.717, 1.165) is 22.4 Å². The smallest absolute Gasteiger partial charge is 0.263 e. The Hall–Kier alpha value is -5.56. The van der Waals surface area contributed by atoms with E-state index in [1.807, 2.05) is 52.8 Å². The maximum atomic E-state index is 13.8. The third-order valence-corrected chi connectivity index (χ3v) is 8.81. The number of aromatic nitrogens is 4. The van der Waals surface area contributed by atoms with Crippen molar-refractivity contribution in [2.24, 2.45) is 0 Å². The number of benzene rings is 3. The molecule has 2 heterocycles. The molecule has 1 amide bonds. The van der Waals surface area contributed by atoms with E-state index >= 15 is 0 Å². The number of ether oxygens (including phenoxy) is 3. The number of sulfonamides is 1. The molecule has 0 atom stereocenters. The van der Waals surface area contributed by atoms with E-state index in [9.17, 15) is 13.2 Å². The second kappa shape index (κ2) is 14.7. The van der Waals surface area contributed by atoms with E-state index in [-0.39, 0.29) is 64.1 Å². The summed E-state index contributed by atoms with van der Waals surface area (Å²) in [5.41, 5.74) is 3.37. The molecule has 5 rings (SSSR count). The van der Waals surface area contributed by atoms with Crippen molar-refractivity contribution in [3.05, 3.63) is 102 Å². The van der Waals surface area contributed by atoms with Crippen LogP contribution in [0.1, 0.15) is 43.9 Å². The Balaban J connectivity index is 1.54. The van der Waals surface area contributed by atoms with Crippen LogP contribution in [0.3, 0.4) is 0 Å². The third kappa shape index (κ3) is 8.49. The molecule has 49 heavy (non-hydrogen) atoms. The van der Waals surface area contributed by atoms with E-state index in [0.29, 0.717) is 5.75 Å². The molecule has 0 bridgehead atoms. The molecule has 0 radical (unpaired) electrons. The molecular weight excluding hydrogens is 644 g/mol. The zero-order chi connectivity index (χ0) is 35.2. The second-order valence-electron chi connectivity index (χ2n) is 12.1. The minimum absolute atomic E-state index is 0.00510. The summed E-state index contributed by atoms with van der Waals surface area (Å²) in [5, 5.41) is 2.93. The topological polar surface area (TPSA) is 155 Å². The number of carbonyl (C=O) groups is 1. The molecule has 13 heteroatoms. The number of methoxy groups -OCH3 is 1. The van der Waals surface area contributed by atoms with Gasteiger partial charge in [-0.25, -0.2) is 23.4 Å². The summed E-state index contributed by atoms with van der Waals surface area (Å²) in [6.45, 7) is 9.82. The highest BCUT2D eigenvalue weighted by atomic mass is 32.2. The predicted molar refractivity (Wildman–Crippen MR) is 187 cm³/mol. The Morgan fingerprint density at radius 1 is 0.816 bits per heavy atom. The van der Waals surface area contributed by atoms with Gasteiger partial charge in [0.15, 0.2) is 23.1 Å². The van der Waals surface area contributed by atoms with Gasteiger partial charge < -0.3 is 19.5 Å². The number of nitrogens with one attached hydrogen (secondary N) is 2. The lowest BCUT2D eigenvalue weighted by molar-refractivity contribution is -0.116. The van der Waals surface area contributed by atoms with E-state index in [4.69, 9.17) is 14.2 Å². The molecule has 2 aromatic heterocycles. The van der Waals surface area contributed by atoms with E-state index < -0.39 is 10.0 Å². The van der Waals surface area contributed by atoms with Crippen molar-refractivity contribution in [1.29, 1.82) is 0 Å². The van der Waals surface area contributed by atoms with Crippen LogP contribution in [-0.4, -0.2) is 48.0 Å². The number of nitrogens with zero attached hydrogens (tertiary/aromatic N) is 4. The fourth-order valence-electron chi connectivity index (χ4n) is 4.79. The van der Waals surface area contributed by atoms with Gasteiger partial charge in [0, 0.05) is 18.1 Å². The van der Waals surface area contributed by atoms with Crippen LogP contribution < -0.4 is 24.2 Å². The van der Waals surface area contributed by atoms with Gasteiger partial charge in [-0.1, -0.05) is 63.2 Å². The van der Waals surface area contributed by atoms with Gasteiger partial charge in [-0.15, -0.1) is 0 Å². The number of rotatable bonds is 12. The standard InChI is InChI=1S/C36H38N6O6S/c1-23-11-9-12-24(2)30(23)39-29(43)19-22-47-35-31(48-28-14-8-7-13-27(28)46-6)32(40-34(41-35)33-37-20-10-21-38-33)42-49(44,45)26-17-15-25(16-18-26)36(3,4)5/h7-18,20-21H,19,22H2,1-6H3,(H,39,43)(H,40,41,42). The molecule has 0 aliphatic rings. The first-order valence-corrected chi connectivity index (χ1v) is 17.0. The normalized spacial score (nSPS) is 11.5. The van der Waals surface area contributed by atoms with Crippen molar-refractivity contribution in [2.45, 2.75) is 51.3 Å². The lowest BCUT2D eigenvalue weighted by atomic mass is 9.87. The lowest BCUT2D eigenvalue weighted by Gasteiger charge is -2.20. The Labute approximate surface area is 286 Å². The molecular formula is C36H38N6O6S. The van der Waals surface area contributed by atoms with Crippen LogP contribution in [-0.2, 0) is 20.2 Å². The zero-order valence-corrected chi connectivity index (χ0v) is 29.0. The maximum absolute atomic E-state index is 13.8. The first-order chi connectivity index (χ1) is 23.4. The average molecular weight is 683 g/mol. The van der Waals surface area contributed by atoms with Crippen LogP contribution >= 0.6 is 0 Å². The molecule has 0 saturated heterocycles. The average Bonchev–Trinajstić information content (AvgIpc) is 3.07. The summed E-state index contributed by atoms with van der Waals surface area (Å²) < 4.78 is 47.9. The molecule has 254 valence electrons. The summed E-state index contributed by atoms with van der Waals surface area (Å²) in [5.74, 6) is -0.155. The van der Waals surface area contributed by atoms with E-state index in [1.54, 1.807) is 42.5 Å². The van der Waals surface area contributed by atoms with Crippen LogP contribution in [0.2, 0.25) is 0 Å². The van der Waals surface area contributed by atoms with Crippen LogP contribution in [0.25, 0.3) is 11.6 Å². The highest BCUT2D eigenvalue weighted by molar-refractivity contribution is 7.92. The monoisotopic (exact) mass is 682 g/mol. The highest BCUT2D eigenvalue weighted by Gasteiger charge is 2.27. The molecule has 3 aromatic carbocycles. The van der Waals surface area contributed by atoms with Crippen LogP contribution in [0.15, 0.2) is 90.1 Å². The number of amides is 1. The Kier molecular flexibility index (Phi) is 10.4. The van der Waals surface area contributed by atoms with Crippen molar-refractivity contribution in [3.8, 4) is 34.8 Å². The summed E-state index contributed by atoms with van der Waals surface area (Å²) >= 11 is 0. The van der Waals surface area contributed by atoms with Crippen molar-refractivity contribution < 1.29 is 27.4 Å². The number of carbonyl (C=O) groups excluding carboxylic acids is 1. The van der Waals surface area contributed by atoms with Gasteiger partial charge in [0.1, 0.15) is 0 Å². The summed E-state index contributed by atoms with van der Waals surface area (Å²) in [6, 6.07) is 20.8. The summed E-state index contributed by atoms with van der Waals surface area (Å²) in [6.07, 6.45) is 2.96. The molecule has 0 aliphatic carbocycles. The number of anilines is 2. The first kappa shape index (κ1) is 34.8. The number of hydrogen-bond acceptors (Lipinski definition) is 10. The minimum Gasteiger partial charge on any atom is -0.493 e. The largest absolute Gasteiger partial charge is 0.493 e. The van der Waals surface area contributed by atoms with Gasteiger partial charge in [0.05, 0.1) is 25.0 Å². The second-order valence-corrected chi connectivity index (χ2v) is 13.8. The number of hydrogen-bond donors (Lipinski definition) is 2. The molecule has 12 nitrogen and oxygen atoms in total. The van der Waals surface area contributed by atoms with Gasteiger partial charge in [-0.3, -0.25) is 9.52 Å².